The van der Waals surface area contributed by atoms with Crippen molar-refractivity contribution in [3.05, 3.63) is 57.8 Å². The normalized spacial score (nSPS) is 36.8. The Hall–Kier alpha value is -2.80. The molecular weight excluding hydrogens is 648 g/mol. The summed E-state index contributed by atoms with van der Waals surface area (Å²) in [6.45, 7) is 15.3. The summed E-state index contributed by atoms with van der Waals surface area (Å²) >= 11 is 6.12. The highest BCUT2D eigenvalue weighted by atomic mass is 35.5. The molecule has 0 spiro atoms. The summed E-state index contributed by atoms with van der Waals surface area (Å²) in [6.07, 6.45) is 10.2. The summed E-state index contributed by atoms with van der Waals surface area (Å²) in [5, 5.41) is 9.91. The van der Waals surface area contributed by atoms with E-state index in [0.29, 0.717) is 53.3 Å². The van der Waals surface area contributed by atoms with E-state index >= 15 is 0 Å². The van der Waals surface area contributed by atoms with Crippen molar-refractivity contribution in [3.63, 3.8) is 0 Å². The largest absolute Gasteiger partial charge is 0.462 e. The summed E-state index contributed by atoms with van der Waals surface area (Å²) in [6, 6.07) is 7.73. The van der Waals surface area contributed by atoms with E-state index in [4.69, 9.17) is 25.9 Å². The van der Waals surface area contributed by atoms with Crippen molar-refractivity contribution >= 4 is 29.6 Å². The second-order valence-corrected chi connectivity index (χ2v) is 18.7. The average Bonchev–Trinajstić information content (AvgIpc) is 3.65. The quantitative estimate of drug-likeness (QED) is 0.200. The molecule has 0 radical (unpaired) electrons. The maximum atomic E-state index is 14.0. The summed E-state index contributed by atoms with van der Waals surface area (Å²) in [5.41, 5.74) is 2.52. The van der Waals surface area contributed by atoms with Gasteiger partial charge in [0, 0.05) is 16.9 Å². The van der Waals surface area contributed by atoms with Crippen LogP contribution in [0.2, 0.25) is 5.02 Å². The molecule has 5 aliphatic carbocycles. The van der Waals surface area contributed by atoms with Crippen LogP contribution in [0.25, 0.3) is 0 Å². The summed E-state index contributed by atoms with van der Waals surface area (Å²) in [4.78, 5) is 38.3. The number of hydrogen-bond donors (Lipinski definition) is 0. The molecule has 2 aromatic rings. The number of carbonyl (C=O) groups is 3. The van der Waals surface area contributed by atoms with Gasteiger partial charge in [-0.05, 0) is 127 Å². The fourth-order valence-electron chi connectivity index (χ4n) is 12.2. The van der Waals surface area contributed by atoms with Crippen molar-refractivity contribution in [1.29, 1.82) is 0 Å². The molecule has 8 heteroatoms. The van der Waals surface area contributed by atoms with Gasteiger partial charge in [0.1, 0.15) is 12.4 Å². The van der Waals surface area contributed by atoms with E-state index in [-0.39, 0.29) is 46.9 Å². The van der Waals surface area contributed by atoms with Gasteiger partial charge < -0.3 is 13.9 Å². The minimum atomic E-state index is -0.704. The van der Waals surface area contributed by atoms with Gasteiger partial charge in [0.2, 0.25) is 11.8 Å². The topological polar surface area (TPSA) is 99.4 Å². The first kappa shape index (κ1) is 35.6. The number of nitrogens with zero attached hydrogens (tertiary/aromatic N) is 2. The number of allylic oxidation sites excluding steroid dienone is 2. The van der Waals surface area contributed by atoms with E-state index in [9.17, 15) is 14.4 Å². The van der Waals surface area contributed by atoms with Crippen molar-refractivity contribution in [2.24, 2.45) is 51.8 Å². The smallest absolute Gasteiger partial charge is 0.307 e. The number of rotatable bonds is 8. The second kappa shape index (κ2) is 12.7. The number of Topliss-reactive ketones (excluding diaryl/α,β-unsaturated/α-hetero) is 1. The van der Waals surface area contributed by atoms with Gasteiger partial charge in [-0.1, -0.05) is 72.2 Å². The molecule has 7 nitrogen and oxygen atoms in total. The van der Waals surface area contributed by atoms with E-state index in [0.717, 1.165) is 68.8 Å². The second-order valence-electron chi connectivity index (χ2n) is 18.2. The predicted molar refractivity (Wildman–Crippen MR) is 192 cm³/mol. The predicted octanol–water partition coefficient (Wildman–Crippen LogP) is 9.29. The van der Waals surface area contributed by atoms with Gasteiger partial charge in [0.05, 0.1) is 18.3 Å². The lowest BCUT2D eigenvalue weighted by atomic mass is 9.38. The number of aromatic nitrogens is 2. The molecule has 9 unspecified atom stereocenters. The number of halogens is 1. The molecule has 4 fully saturated rings. The van der Waals surface area contributed by atoms with Crippen LogP contribution in [0.15, 0.2) is 39.8 Å². The molecule has 7 rings (SSSR count). The first-order valence-corrected chi connectivity index (χ1v) is 19.5. The molecule has 270 valence electrons. The van der Waals surface area contributed by atoms with Crippen molar-refractivity contribution < 1.29 is 23.5 Å². The van der Waals surface area contributed by atoms with E-state index in [1.54, 1.807) is 13.8 Å². The zero-order valence-corrected chi connectivity index (χ0v) is 31.8. The fourth-order valence-corrected chi connectivity index (χ4v) is 12.4. The Balaban J connectivity index is 1.15. The molecule has 0 amide bonds. The molecule has 0 saturated heterocycles. The summed E-state index contributed by atoms with van der Waals surface area (Å²) in [7, 11) is 0. The van der Waals surface area contributed by atoms with Crippen molar-refractivity contribution in [2.75, 3.05) is 0 Å². The van der Waals surface area contributed by atoms with Gasteiger partial charge in [0.15, 0.2) is 5.78 Å². The van der Waals surface area contributed by atoms with E-state index in [2.05, 4.69) is 39.7 Å². The number of ether oxygens (including phenoxy) is 1. The fraction of sp³-hybridized carbons (Fsp3) is 0.690. The zero-order chi connectivity index (χ0) is 35.8. The van der Waals surface area contributed by atoms with Crippen LogP contribution in [0.5, 0.6) is 0 Å². The van der Waals surface area contributed by atoms with Crippen LogP contribution >= 0.6 is 11.6 Å². The highest BCUT2D eigenvalue weighted by molar-refractivity contribution is 6.30. The third kappa shape index (κ3) is 5.72. The molecule has 1 aromatic heterocycles. The lowest BCUT2D eigenvalue weighted by molar-refractivity contribution is -0.190. The highest BCUT2D eigenvalue weighted by Gasteiger charge is 2.66. The first-order valence-electron chi connectivity index (χ1n) is 19.1. The van der Waals surface area contributed by atoms with Gasteiger partial charge in [-0.15, -0.1) is 10.2 Å². The standard InChI is InChI=1S/C42H55ClN2O5/c1-24(2)36-31(47)21-42(38-45-44-34(50-38)20-26-8-10-27(43)11-9-26)19-15-30-28(37(36)42)12-13-33-40(6)18-16-32(49-35(48)22-39(4,5)23-46)25(3)29(40)14-17-41(30,33)7/h8-11,23-25,28-30,32-33H,12-22H2,1-7H3. The van der Waals surface area contributed by atoms with Crippen LogP contribution in [0.4, 0.5) is 0 Å². The van der Waals surface area contributed by atoms with Gasteiger partial charge in [-0.3, -0.25) is 9.59 Å². The van der Waals surface area contributed by atoms with Crippen LogP contribution in [0.1, 0.15) is 130 Å². The maximum Gasteiger partial charge on any atom is 0.307 e. The molecule has 5 aliphatic rings. The SMILES string of the molecule is CC(C)C1=C2C3CCC4C(C)(CCC5C(C)C(OC(=O)CC(C)(C)C=O)CCC54C)C3CCC2(c2nnc(Cc3ccc(Cl)cc3)o2)CC1=O. The summed E-state index contributed by atoms with van der Waals surface area (Å²) in [5.74, 6) is 3.51. The van der Waals surface area contributed by atoms with Crippen LogP contribution in [0, 0.1) is 51.8 Å². The van der Waals surface area contributed by atoms with Crippen molar-refractivity contribution in [1.82, 2.24) is 10.2 Å². The van der Waals surface area contributed by atoms with E-state index in [1.165, 1.54) is 5.57 Å². The molecule has 50 heavy (non-hydrogen) atoms. The van der Waals surface area contributed by atoms with Gasteiger partial charge in [-0.25, -0.2) is 0 Å². The number of fused-ring (bicyclic) bond motifs is 7. The average molecular weight is 703 g/mol. The Morgan fingerprint density at radius 1 is 1.02 bits per heavy atom. The maximum absolute atomic E-state index is 14.0. The molecule has 0 aliphatic heterocycles. The molecule has 0 bridgehead atoms. The molecule has 1 aromatic carbocycles. The van der Waals surface area contributed by atoms with Crippen LogP contribution in [-0.2, 0) is 31.0 Å². The third-order valence-corrected chi connectivity index (χ3v) is 14.7. The highest BCUT2D eigenvalue weighted by Crippen LogP contribution is 2.71. The van der Waals surface area contributed by atoms with Gasteiger partial charge in [-0.2, -0.15) is 0 Å². The Bertz CT molecular complexity index is 1690. The number of aldehydes is 1. The number of hydrogen-bond acceptors (Lipinski definition) is 7. The Kier molecular flexibility index (Phi) is 9.04. The van der Waals surface area contributed by atoms with Gasteiger partial charge in [0.25, 0.3) is 0 Å². The molecule has 0 N–H and O–H groups in total. The minimum absolute atomic E-state index is 0.0961. The third-order valence-electron chi connectivity index (χ3n) is 14.5. The molecule has 1 heterocycles. The minimum Gasteiger partial charge on any atom is -0.462 e. The number of benzene rings is 1. The lowest BCUT2D eigenvalue weighted by Gasteiger charge is -2.67. The molecule has 4 saturated carbocycles. The number of carbonyl (C=O) groups excluding carboxylic acids is 3. The van der Waals surface area contributed by atoms with Crippen LogP contribution in [-0.4, -0.2) is 34.3 Å². The van der Waals surface area contributed by atoms with Gasteiger partial charge >= 0.3 is 5.97 Å². The number of esters is 1. The molecular formula is C42H55ClN2O5. The lowest BCUT2D eigenvalue weighted by Crippen LogP contribution is -2.60. The summed E-state index contributed by atoms with van der Waals surface area (Å²) < 4.78 is 12.6. The Labute approximate surface area is 302 Å². The zero-order valence-electron chi connectivity index (χ0n) is 31.0. The van der Waals surface area contributed by atoms with Crippen LogP contribution < -0.4 is 0 Å². The van der Waals surface area contributed by atoms with Crippen molar-refractivity contribution in [2.45, 2.75) is 131 Å². The van der Waals surface area contributed by atoms with E-state index < -0.39 is 10.8 Å². The molecule has 9 atom stereocenters. The first-order chi connectivity index (χ1) is 23.6. The Morgan fingerprint density at radius 3 is 2.40 bits per heavy atom. The Morgan fingerprint density at radius 2 is 1.70 bits per heavy atom. The van der Waals surface area contributed by atoms with Crippen LogP contribution in [0.3, 0.4) is 0 Å². The number of ketones is 1. The van der Waals surface area contributed by atoms with Crippen molar-refractivity contribution in [3.8, 4) is 0 Å². The van der Waals surface area contributed by atoms with E-state index in [1.807, 2.05) is 24.3 Å². The monoisotopic (exact) mass is 702 g/mol.